The molecular weight excluding hydrogens is 186 g/mol. The quantitative estimate of drug-likeness (QED) is 0.682. The van der Waals surface area contributed by atoms with Crippen molar-refractivity contribution in [2.75, 3.05) is 19.8 Å². The number of Topliss-reactive ketones (excluding diaryl/α,β-unsaturated/α-hetero) is 1. The van der Waals surface area contributed by atoms with Gasteiger partial charge < -0.3 is 15.2 Å². The normalized spacial score (nSPS) is 9.93. The van der Waals surface area contributed by atoms with Gasteiger partial charge in [0.2, 0.25) is 5.76 Å². The van der Waals surface area contributed by atoms with Crippen molar-refractivity contribution in [1.82, 2.24) is 10.1 Å². The largest absolute Gasteiger partial charge is 0.393 e. The van der Waals surface area contributed by atoms with E-state index in [1.165, 1.54) is 11.8 Å². The van der Waals surface area contributed by atoms with E-state index in [-0.39, 0.29) is 22.9 Å². The summed E-state index contributed by atoms with van der Waals surface area (Å²) in [6.45, 7) is 1.29. The van der Waals surface area contributed by atoms with Crippen LogP contribution in [0.5, 0.6) is 0 Å². The van der Waals surface area contributed by atoms with E-state index < -0.39 is 5.91 Å². The van der Waals surface area contributed by atoms with Crippen molar-refractivity contribution in [3.05, 3.63) is 11.5 Å². The number of nitrogen functional groups attached to an aromatic ring is 1. The van der Waals surface area contributed by atoms with E-state index in [4.69, 9.17) is 5.73 Å². The van der Waals surface area contributed by atoms with E-state index >= 15 is 0 Å². The maximum absolute atomic E-state index is 11.4. The number of anilines is 1. The Labute approximate surface area is 80.6 Å². The van der Waals surface area contributed by atoms with Gasteiger partial charge in [-0.2, -0.15) is 0 Å². The summed E-state index contributed by atoms with van der Waals surface area (Å²) in [5.74, 6) is -0.818. The molecule has 6 heteroatoms. The Morgan fingerprint density at radius 3 is 2.36 bits per heavy atom. The number of aromatic nitrogens is 1. The van der Waals surface area contributed by atoms with E-state index in [1.807, 2.05) is 0 Å². The predicted molar refractivity (Wildman–Crippen MR) is 48.9 cm³/mol. The Morgan fingerprint density at radius 2 is 2.00 bits per heavy atom. The highest BCUT2D eigenvalue weighted by Crippen LogP contribution is 2.18. The lowest BCUT2D eigenvalue weighted by atomic mass is 10.2. The highest BCUT2D eigenvalue weighted by atomic mass is 16.5. The molecule has 1 heterocycles. The minimum absolute atomic E-state index is 0.00352. The van der Waals surface area contributed by atoms with Gasteiger partial charge >= 0.3 is 0 Å². The van der Waals surface area contributed by atoms with Crippen LogP contribution in [0.2, 0.25) is 0 Å². The molecule has 0 atom stereocenters. The first-order chi connectivity index (χ1) is 6.45. The number of nitrogens with zero attached hydrogens (tertiary/aromatic N) is 2. The molecule has 14 heavy (non-hydrogen) atoms. The molecule has 1 amide bonds. The minimum atomic E-state index is -0.390. The highest BCUT2D eigenvalue weighted by Gasteiger charge is 2.22. The van der Waals surface area contributed by atoms with Gasteiger partial charge in [-0.1, -0.05) is 5.16 Å². The zero-order valence-corrected chi connectivity index (χ0v) is 8.20. The first-order valence-corrected chi connectivity index (χ1v) is 3.93. The monoisotopic (exact) mass is 197 g/mol. The van der Waals surface area contributed by atoms with Gasteiger partial charge in [0.25, 0.3) is 5.91 Å². The highest BCUT2D eigenvalue weighted by molar-refractivity contribution is 6.04. The van der Waals surface area contributed by atoms with Crippen LogP contribution >= 0.6 is 0 Å². The number of carbonyl (C=O) groups is 2. The van der Waals surface area contributed by atoms with Gasteiger partial charge in [-0.3, -0.25) is 9.59 Å². The summed E-state index contributed by atoms with van der Waals surface area (Å²) in [6, 6.07) is 0. The Balaban J connectivity index is 3.13. The lowest BCUT2D eigenvalue weighted by Gasteiger charge is -2.06. The molecule has 0 bridgehead atoms. The molecule has 0 saturated carbocycles. The van der Waals surface area contributed by atoms with Crippen LogP contribution in [0.1, 0.15) is 28.0 Å². The molecular formula is C8H11N3O3. The number of carbonyl (C=O) groups excluding carboxylic acids is 2. The molecule has 0 aliphatic rings. The van der Waals surface area contributed by atoms with Crippen LogP contribution in [0.15, 0.2) is 4.52 Å². The van der Waals surface area contributed by atoms with Gasteiger partial charge in [0, 0.05) is 21.0 Å². The van der Waals surface area contributed by atoms with Crippen molar-refractivity contribution in [3.63, 3.8) is 0 Å². The zero-order chi connectivity index (χ0) is 10.9. The molecule has 2 N–H and O–H groups in total. The summed E-state index contributed by atoms with van der Waals surface area (Å²) in [7, 11) is 3.12. The van der Waals surface area contributed by atoms with E-state index in [2.05, 4.69) is 9.68 Å². The van der Waals surface area contributed by atoms with Gasteiger partial charge in [-0.25, -0.2) is 0 Å². The molecule has 1 aromatic heterocycles. The lowest BCUT2D eigenvalue weighted by molar-refractivity contribution is 0.0816. The molecule has 0 fully saturated rings. The van der Waals surface area contributed by atoms with Crippen LogP contribution in [-0.2, 0) is 0 Å². The Kier molecular flexibility index (Phi) is 2.55. The molecule has 0 unspecified atom stereocenters. The minimum Gasteiger partial charge on any atom is -0.393 e. The molecule has 76 valence electrons. The summed E-state index contributed by atoms with van der Waals surface area (Å²) >= 11 is 0. The lowest BCUT2D eigenvalue weighted by Crippen LogP contribution is -2.23. The Morgan fingerprint density at radius 1 is 1.43 bits per heavy atom. The van der Waals surface area contributed by atoms with E-state index in [1.54, 1.807) is 14.1 Å². The van der Waals surface area contributed by atoms with Crippen molar-refractivity contribution in [3.8, 4) is 0 Å². The molecule has 0 saturated heterocycles. The fourth-order valence-corrected chi connectivity index (χ4v) is 0.917. The van der Waals surface area contributed by atoms with Gasteiger partial charge in [0.05, 0.1) is 0 Å². The van der Waals surface area contributed by atoms with Crippen molar-refractivity contribution >= 4 is 17.4 Å². The van der Waals surface area contributed by atoms with Crippen LogP contribution in [0.4, 0.5) is 5.69 Å². The first-order valence-electron chi connectivity index (χ1n) is 3.93. The van der Waals surface area contributed by atoms with Crippen LogP contribution < -0.4 is 5.73 Å². The van der Waals surface area contributed by atoms with Crippen molar-refractivity contribution in [1.29, 1.82) is 0 Å². The third-order valence-corrected chi connectivity index (χ3v) is 1.66. The molecule has 0 spiro atoms. The van der Waals surface area contributed by atoms with Crippen LogP contribution in [0.25, 0.3) is 0 Å². The van der Waals surface area contributed by atoms with Crippen LogP contribution in [0.3, 0.4) is 0 Å². The molecule has 6 nitrogen and oxygen atoms in total. The Bertz CT molecular complexity index is 381. The second kappa shape index (κ2) is 3.49. The number of amides is 1. The third-order valence-electron chi connectivity index (χ3n) is 1.66. The van der Waals surface area contributed by atoms with Gasteiger partial charge in [-0.05, 0) is 0 Å². The van der Waals surface area contributed by atoms with E-state index in [0.717, 1.165) is 0 Å². The average molecular weight is 197 g/mol. The van der Waals surface area contributed by atoms with Crippen LogP contribution in [0, 0.1) is 0 Å². The molecule has 0 aliphatic heterocycles. The number of hydrogen-bond donors (Lipinski definition) is 1. The summed E-state index contributed by atoms with van der Waals surface area (Å²) in [6.07, 6.45) is 0. The molecule has 0 aromatic carbocycles. The topological polar surface area (TPSA) is 89.4 Å². The average Bonchev–Trinajstić information content (AvgIpc) is 2.45. The number of rotatable bonds is 2. The SMILES string of the molecule is CC(=O)c1onc(C(=O)N(C)C)c1N. The maximum atomic E-state index is 11.4. The first kappa shape index (κ1) is 10.2. The van der Waals surface area contributed by atoms with Gasteiger partial charge in [-0.15, -0.1) is 0 Å². The second-order valence-electron chi connectivity index (χ2n) is 3.03. The van der Waals surface area contributed by atoms with Gasteiger partial charge in [0.1, 0.15) is 5.69 Å². The fraction of sp³-hybridized carbons (Fsp3) is 0.375. The smallest absolute Gasteiger partial charge is 0.277 e. The summed E-state index contributed by atoms with van der Waals surface area (Å²) < 4.78 is 4.66. The predicted octanol–water partition coefficient (Wildman–Crippen LogP) is 0.161. The van der Waals surface area contributed by atoms with Crippen molar-refractivity contribution < 1.29 is 14.1 Å². The number of hydrogen-bond acceptors (Lipinski definition) is 5. The number of ketones is 1. The summed E-state index contributed by atoms with van der Waals surface area (Å²) in [5.41, 5.74) is 5.49. The van der Waals surface area contributed by atoms with Gasteiger partial charge in [0.15, 0.2) is 11.5 Å². The second-order valence-corrected chi connectivity index (χ2v) is 3.03. The molecule has 0 radical (unpaired) electrons. The molecule has 0 aliphatic carbocycles. The number of nitrogens with two attached hydrogens (primary N) is 1. The van der Waals surface area contributed by atoms with Crippen molar-refractivity contribution in [2.45, 2.75) is 6.92 Å². The van der Waals surface area contributed by atoms with E-state index in [0.29, 0.717) is 0 Å². The summed E-state index contributed by atoms with van der Waals surface area (Å²) in [5, 5.41) is 3.45. The molecule has 1 aromatic rings. The molecule has 1 rings (SSSR count). The Hall–Kier alpha value is -1.85. The third kappa shape index (κ3) is 1.59. The maximum Gasteiger partial charge on any atom is 0.277 e. The summed E-state index contributed by atoms with van der Waals surface area (Å²) in [4.78, 5) is 23.7. The zero-order valence-electron chi connectivity index (χ0n) is 8.20. The van der Waals surface area contributed by atoms with Crippen LogP contribution in [-0.4, -0.2) is 35.8 Å². The fourth-order valence-electron chi connectivity index (χ4n) is 0.917. The standard InChI is InChI=1S/C8H11N3O3/c1-4(12)7-5(9)6(10-14-7)8(13)11(2)3/h9H2,1-3H3. The van der Waals surface area contributed by atoms with Crippen molar-refractivity contribution in [2.24, 2.45) is 0 Å². The van der Waals surface area contributed by atoms with E-state index in [9.17, 15) is 9.59 Å².